The Morgan fingerprint density at radius 2 is 2.20 bits per heavy atom. The highest BCUT2D eigenvalue weighted by atomic mass is 32.1. The summed E-state index contributed by atoms with van der Waals surface area (Å²) in [5.41, 5.74) is 3.05. The van der Waals surface area contributed by atoms with Crippen LogP contribution < -0.4 is 5.32 Å². The van der Waals surface area contributed by atoms with Crippen molar-refractivity contribution in [3.8, 4) is 0 Å². The van der Waals surface area contributed by atoms with Crippen LogP contribution in [0.4, 0.5) is 0 Å². The van der Waals surface area contributed by atoms with Crippen molar-refractivity contribution in [3.63, 3.8) is 0 Å². The third-order valence-corrected chi connectivity index (χ3v) is 3.76. The molecule has 0 aliphatic heterocycles. The smallest absolute Gasteiger partial charge is 0.372 e. The lowest BCUT2D eigenvalue weighted by Crippen LogP contribution is -2.13. The highest BCUT2D eigenvalue weighted by Gasteiger charge is 2.19. The number of hydrogen-bond donors (Lipinski definition) is 2. The van der Waals surface area contributed by atoms with Gasteiger partial charge < -0.3 is 14.8 Å². The lowest BCUT2D eigenvalue weighted by Gasteiger charge is -2.02. The van der Waals surface area contributed by atoms with Crippen molar-refractivity contribution < 1.29 is 14.3 Å². The lowest BCUT2D eigenvalue weighted by molar-refractivity contribution is 0.0663. The van der Waals surface area contributed by atoms with Gasteiger partial charge in [-0.3, -0.25) is 4.98 Å². The summed E-state index contributed by atoms with van der Waals surface area (Å²) >= 11 is 1.56. The number of para-hydroxylation sites is 1. The number of carboxylic acid groups (broad SMARTS) is 1. The number of furan rings is 1. The van der Waals surface area contributed by atoms with Crippen LogP contribution in [0, 0.1) is 0 Å². The first-order valence-electron chi connectivity index (χ1n) is 6.07. The third kappa shape index (κ3) is 2.43. The predicted molar refractivity (Wildman–Crippen MR) is 75.8 cm³/mol. The molecule has 2 aromatic heterocycles. The molecule has 3 aromatic rings. The van der Waals surface area contributed by atoms with E-state index in [1.54, 1.807) is 29.1 Å². The molecule has 0 spiro atoms. The van der Waals surface area contributed by atoms with Crippen molar-refractivity contribution in [1.82, 2.24) is 10.3 Å². The Morgan fingerprint density at radius 1 is 1.35 bits per heavy atom. The van der Waals surface area contributed by atoms with Crippen molar-refractivity contribution in [2.75, 3.05) is 0 Å². The normalized spacial score (nSPS) is 11.0. The number of aromatic carboxylic acids is 1. The summed E-state index contributed by atoms with van der Waals surface area (Å²) in [6, 6.07) is 7.34. The molecule has 0 amide bonds. The van der Waals surface area contributed by atoms with E-state index < -0.39 is 5.97 Å². The number of fused-ring (bicyclic) bond motifs is 1. The Kier molecular flexibility index (Phi) is 3.49. The number of nitrogens with one attached hydrogen (secondary N) is 1. The summed E-state index contributed by atoms with van der Waals surface area (Å²) in [7, 11) is 0. The number of benzene rings is 1. The van der Waals surface area contributed by atoms with Crippen LogP contribution in [-0.2, 0) is 13.1 Å². The second-order valence-electron chi connectivity index (χ2n) is 4.28. The van der Waals surface area contributed by atoms with Crippen LogP contribution in [-0.4, -0.2) is 16.1 Å². The average Bonchev–Trinajstić information content (AvgIpc) is 3.07. The van der Waals surface area contributed by atoms with E-state index in [1.807, 2.05) is 18.2 Å². The number of thiazole rings is 1. The van der Waals surface area contributed by atoms with E-state index in [1.165, 1.54) is 0 Å². The number of aromatic nitrogens is 1. The van der Waals surface area contributed by atoms with E-state index in [-0.39, 0.29) is 5.76 Å². The molecule has 0 saturated carbocycles. The molecule has 0 atom stereocenters. The molecule has 0 fully saturated rings. The van der Waals surface area contributed by atoms with Gasteiger partial charge in [-0.2, -0.15) is 0 Å². The zero-order valence-electron chi connectivity index (χ0n) is 10.5. The molecule has 0 aliphatic rings. The van der Waals surface area contributed by atoms with Crippen molar-refractivity contribution in [2.24, 2.45) is 0 Å². The van der Waals surface area contributed by atoms with Gasteiger partial charge in [-0.1, -0.05) is 18.2 Å². The SMILES string of the molecule is O=C(O)c1oc2ccccc2c1CNCc1cncs1. The molecule has 3 rings (SSSR count). The summed E-state index contributed by atoms with van der Waals surface area (Å²) in [4.78, 5) is 16.4. The third-order valence-electron chi connectivity index (χ3n) is 2.98. The number of rotatable bonds is 5. The standard InChI is InChI=1S/C14H12N2O3S/c17-14(18)13-11(7-15-5-9-6-16-8-20-9)10-3-1-2-4-12(10)19-13/h1-4,6,8,15H,5,7H2,(H,17,18). The summed E-state index contributed by atoms with van der Waals surface area (Å²) in [6.07, 6.45) is 1.79. The van der Waals surface area contributed by atoms with Crippen molar-refractivity contribution >= 4 is 28.3 Å². The molecule has 5 nitrogen and oxygen atoms in total. The molecule has 6 heteroatoms. The van der Waals surface area contributed by atoms with Gasteiger partial charge in [0.15, 0.2) is 0 Å². The summed E-state index contributed by atoms with van der Waals surface area (Å²) < 4.78 is 5.40. The first-order chi connectivity index (χ1) is 9.75. The van der Waals surface area contributed by atoms with Gasteiger partial charge in [0.2, 0.25) is 5.76 Å². The molecule has 102 valence electrons. The van der Waals surface area contributed by atoms with Gasteiger partial charge in [-0.05, 0) is 6.07 Å². The van der Waals surface area contributed by atoms with Gasteiger partial charge >= 0.3 is 5.97 Å². The van der Waals surface area contributed by atoms with Crippen LogP contribution in [0.1, 0.15) is 21.0 Å². The minimum absolute atomic E-state index is 0.00278. The first-order valence-corrected chi connectivity index (χ1v) is 6.95. The molecule has 0 aliphatic carbocycles. The monoisotopic (exact) mass is 288 g/mol. The molecule has 2 N–H and O–H groups in total. The molecule has 20 heavy (non-hydrogen) atoms. The fraction of sp³-hybridized carbons (Fsp3) is 0.143. The van der Waals surface area contributed by atoms with Crippen LogP contribution >= 0.6 is 11.3 Å². The number of carbonyl (C=O) groups is 1. The van der Waals surface area contributed by atoms with Gasteiger partial charge in [-0.25, -0.2) is 4.79 Å². The zero-order chi connectivity index (χ0) is 13.9. The molecule has 0 unspecified atom stereocenters. The van der Waals surface area contributed by atoms with Crippen LogP contribution in [0.5, 0.6) is 0 Å². The Balaban J connectivity index is 1.85. The number of hydrogen-bond acceptors (Lipinski definition) is 5. The maximum Gasteiger partial charge on any atom is 0.372 e. The van der Waals surface area contributed by atoms with Gasteiger partial charge in [0.25, 0.3) is 0 Å². The molecule has 0 radical (unpaired) electrons. The Labute approximate surface area is 118 Å². The van der Waals surface area contributed by atoms with E-state index in [2.05, 4.69) is 10.3 Å². The maximum atomic E-state index is 11.3. The average molecular weight is 288 g/mol. The number of nitrogens with zero attached hydrogens (tertiary/aromatic N) is 1. The predicted octanol–water partition coefficient (Wildman–Crippen LogP) is 2.88. The fourth-order valence-corrected chi connectivity index (χ4v) is 2.65. The van der Waals surface area contributed by atoms with Crippen LogP contribution in [0.15, 0.2) is 40.4 Å². The van der Waals surface area contributed by atoms with Gasteiger partial charge in [0.1, 0.15) is 5.58 Å². The molecule has 0 bridgehead atoms. The van der Waals surface area contributed by atoms with E-state index in [0.29, 0.717) is 24.2 Å². The molecule has 2 heterocycles. The van der Waals surface area contributed by atoms with Gasteiger partial charge in [-0.15, -0.1) is 11.3 Å². The Morgan fingerprint density at radius 3 is 2.95 bits per heavy atom. The summed E-state index contributed by atoms with van der Waals surface area (Å²) in [5, 5.41) is 13.3. The van der Waals surface area contributed by atoms with E-state index in [4.69, 9.17) is 4.42 Å². The quantitative estimate of drug-likeness (QED) is 0.755. The number of carboxylic acids is 1. The van der Waals surface area contributed by atoms with E-state index in [9.17, 15) is 9.90 Å². The van der Waals surface area contributed by atoms with Crippen molar-refractivity contribution in [1.29, 1.82) is 0 Å². The van der Waals surface area contributed by atoms with E-state index in [0.717, 1.165) is 10.3 Å². The van der Waals surface area contributed by atoms with Crippen LogP contribution in [0.3, 0.4) is 0 Å². The molecular formula is C14H12N2O3S. The minimum Gasteiger partial charge on any atom is -0.475 e. The van der Waals surface area contributed by atoms with Crippen molar-refractivity contribution in [3.05, 3.63) is 52.2 Å². The largest absolute Gasteiger partial charge is 0.475 e. The molecule has 1 aromatic carbocycles. The zero-order valence-corrected chi connectivity index (χ0v) is 11.3. The topological polar surface area (TPSA) is 75.4 Å². The lowest BCUT2D eigenvalue weighted by atomic mass is 10.1. The van der Waals surface area contributed by atoms with E-state index >= 15 is 0 Å². The van der Waals surface area contributed by atoms with Gasteiger partial charge in [0.05, 0.1) is 5.51 Å². The molecular weight excluding hydrogens is 276 g/mol. The summed E-state index contributed by atoms with van der Waals surface area (Å²) in [5.74, 6) is -1.04. The Bertz CT molecular complexity index is 734. The first kappa shape index (κ1) is 12.8. The van der Waals surface area contributed by atoms with Crippen molar-refractivity contribution in [2.45, 2.75) is 13.1 Å². The molecule has 0 saturated heterocycles. The van der Waals surface area contributed by atoms with Gasteiger partial charge in [0, 0.05) is 35.1 Å². The highest BCUT2D eigenvalue weighted by Crippen LogP contribution is 2.25. The van der Waals surface area contributed by atoms with Crippen LogP contribution in [0.2, 0.25) is 0 Å². The maximum absolute atomic E-state index is 11.3. The highest BCUT2D eigenvalue weighted by molar-refractivity contribution is 7.09. The van der Waals surface area contributed by atoms with Crippen LogP contribution in [0.25, 0.3) is 11.0 Å². The second-order valence-corrected chi connectivity index (χ2v) is 5.25. The minimum atomic E-state index is -1.05. The fourth-order valence-electron chi connectivity index (χ4n) is 2.09. The summed E-state index contributed by atoms with van der Waals surface area (Å²) in [6.45, 7) is 1.10. The Hall–Kier alpha value is -2.18. The second kappa shape index (κ2) is 5.44.